The first-order valence-electron chi connectivity index (χ1n) is 5.52. The van der Waals surface area contributed by atoms with Crippen molar-refractivity contribution in [2.75, 3.05) is 12.4 Å². The van der Waals surface area contributed by atoms with E-state index in [4.69, 9.17) is 11.6 Å². The third-order valence-corrected chi connectivity index (χ3v) is 3.38. The maximum atomic E-state index is 12.2. The Labute approximate surface area is 104 Å². The van der Waals surface area contributed by atoms with E-state index in [1.807, 2.05) is 0 Å². The Kier molecular flexibility index (Phi) is 3.43. The lowest BCUT2D eigenvalue weighted by atomic mass is 10.1. The van der Waals surface area contributed by atoms with Crippen LogP contribution in [0.25, 0.3) is 0 Å². The maximum Gasteiger partial charge on any atom is 0.258 e. The van der Waals surface area contributed by atoms with E-state index in [0.29, 0.717) is 12.4 Å². The van der Waals surface area contributed by atoms with E-state index < -0.39 is 0 Å². The molecule has 92 valence electrons. The van der Waals surface area contributed by atoms with Crippen LogP contribution in [0.15, 0.2) is 18.2 Å². The van der Waals surface area contributed by atoms with Gasteiger partial charge in [0.15, 0.2) is 0 Å². The Bertz CT molecular complexity index is 436. The number of benzene rings is 1. The fourth-order valence-electron chi connectivity index (χ4n) is 2.11. The molecule has 0 spiro atoms. The summed E-state index contributed by atoms with van der Waals surface area (Å²) in [5, 5.41) is 19.0. The van der Waals surface area contributed by atoms with E-state index in [1.54, 1.807) is 4.90 Å². The number of phenolic OH excluding ortho intramolecular Hbond substituents is 2. The summed E-state index contributed by atoms with van der Waals surface area (Å²) in [6.45, 7) is 0.644. The van der Waals surface area contributed by atoms with Crippen LogP contribution in [0.2, 0.25) is 0 Å². The van der Waals surface area contributed by atoms with Crippen molar-refractivity contribution in [1.82, 2.24) is 4.90 Å². The molecule has 1 aromatic rings. The number of aromatic hydroxyl groups is 2. The van der Waals surface area contributed by atoms with Gasteiger partial charge >= 0.3 is 0 Å². The van der Waals surface area contributed by atoms with Crippen molar-refractivity contribution in [2.45, 2.75) is 18.9 Å². The molecule has 0 radical (unpaired) electrons. The Morgan fingerprint density at radius 1 is 1.47 bits per heavy atom. The number of carbonyl (C=O) groups is 1. The fourth-order valence-corrected chi connectivity index (χ4v) is 2.43. The molecule has 5 heteroatoms. The van der Waals surface area contributed by atoms with E-state index >= 15 is 0 Å². The van der Waals surface area contributed by atoms with Crippen LogP contribution in [0.4, 0.5) is 0 Å². The van der Waals surface area contributed by atoms with Crippen LogP contribution in [0.3, 0.4) is 0 Å². The molecule has 1 unspecified atom stereocenters. The van der Waals surface area contributed by atoms with Gasteiger partial charge < -0.3 is 15.1 Å². The van der Waals surface area contributed by atoms with Gasteiger partial charge in [-0.1, -0.05) is 0 Å². The third kappa shape index (κ3) is 2.31. The molecular weight excluding hydrogens is 242 g/mol. The summed E-state index contributed by atoms with van der Waals surface area (Å²) in [7, 11) is 0. The highest BCUT2D eigenvalue weighted by molar-refractivity contribution is 6.18. The number of hydrogen-bond acceptors (Lipinski definition) is 3. The van der Waals surface area contributed by atoms with Crippen LogP contribution >= 0.6 is 11.6 Å². The Balaban J connectivity index is 2.27. The molecule has 1 heterocycles. The zero-order valence-corrected chi connectivity index (χ0v) is 10.0. The first-order chi connectivity index (χ1) is 8.13. The zero-order chi connectivity index (χ0) is 12.4. The lowest BCUT2D eigenvalue weighted by molar-refractivity contribution is 0.0745. The van der Waals surface area contributed by atoms with Crippen molar-refractivity contribution in [1.29, 1.82) is 0 Å². The van der Waals surface area contributed by atoms with E-state index in [-0.39, 0.29) is 29.0 Å². The molecule has 1 aromatic carbocycles. The van der Waals surface area contributed by atoms with Gasteiger partial charge in [-0.3, -0.25) is 4.79 Å². The van der Waals surface area contributed by atoms with Crippen molar-refractivity contribution >= 4 is 17.5 Å². The number of halogens is 1. The Hall–Kier alpha value is -1.42. The van der Waals surface area contributed by atoms with Crippen LogP contribution in [0.1, 0.15) is 23.2 Å². The Morgan fingerprint density at radius 3 is 2.94 bits per heavy atom. The molecule has 2 rings (SSSR count). The van der Waals surface area contributed by atoms with E-state index in [9.17, 15) is 15.0 Å². The van der Waals surface area contributed by atoms with E-state index in [1.165, 1.54) is 18.2 Å². The highest BCUT2D eigenvalue weighted by Gasteiger charge is 2.30. The summed E-state index contributed by atoms with van der Waals surface area (Å²) >= 11 is 5.80. The molecule has 1 amide bonds. The van der Waals surface area contributed by atoms with Crippen LogP contribution in [0.5, 0.6) is 11.5 Å². The maximum absolute atomic E-state index is 12.2. The zero-order valence-electron chi connectivity index (χ0n) is 9.27. The van der Waals surface area contributed by atoms with E-state index in [2.05, 4.69) is 0 Å². The van der Waals surface area contributed by atoms with Gasteiger partial charge in [-0.25, -0.2) is 0 Å². The number of amides is 1. The SMILES string of the molecule is O=C(c1cc(O)ccc1O)N1CCCC1CCl. The lowest BCUT2D eigenvalue weighted by Crippen LogP contribution is -2.36. The summed E-state index contributed by atoms with van der Waals surface area (Å²) in [5.74, 6) is -0.0342. The average Bonchev–Trinajstić information content (AvgIpc) is 2.79. The predicted molar refractivity (Wildman–Crippen MR) is 64.6 cm³/mol. The van der Waals surface area contributed by atoms with Gasteiger partial charge in [0.2, 0.25) is 0 Å². The summed E-state index contributed by atoms with van der Waals surface area (Å²) < 4.78 is 0. The smallest absolute Gasteiger partial charge is 0.258 e. The molecule has 1 aliphatic heterocycles. The van der Waals surface area contributed by atoms with Gasteiger partial charge in [0.05, 0.1) is 5.56 Å². The predicted octanol–water partition coefficient (Wildman–Crippen LogP) is 1.94. The molecule has 0 saturated carbocycles. The minimum absolute atomic E-state index is 0.0194. The van der Waals surface area contributed by atoms with Crippen molar-refractivity contribution in [3.05, 3.63) is 23.8 Å². The molecule has 4 nitrogen and oxygen atoms in total. The van der Waals surface area contributed by atoms with Gasteiger partial charge in [0.1, 0.15) is 11.5 Å². The van der Waals surface area contributed by atoms with Gasteiger partial charge in [0, 0.05) is 18.5 Å². The highest BCUT2D eigenvalue weighted by Crippen LogP contribution is 2.27. The number of alkyl halides is 1. The number of phenols is 2. The molecule has 0 bridgehead atoms. The van der Waals surface area contributed by atoms with Crippen LogP contribution in [-0.2, 0) is 0 Å². The number of likely N-dealkylation sites (tertiary alicyclic amines) is 1. The normalized spacial score (nSPS) is 19.6. The third-order valence-electron chi connectivity index (χ3n) is 3.03. The van der Waals surface area contributed by atoms with Crippen molar-refractivity contribution in [3.8, 4) is 11.5 Å². The molecule has 2 N–H and O–H groups in total. The quantitative estimate of drug-likeness (QED) is 0.627. The largest absolute Gasteiger partial charge is 0.508 e. The summed E-state index contributed by atoms with van der Waals surface area (Å²) in [6, 6.07) is 3.95. The number of hydrogen-bond donors (Lipinski definition) is 2. The van der Waals surface area contributed by atoms with Gasteiger partial charge in [-0.2, -0.15) is 0 Å². The van der Waals surface area contributed by atoms with Crippen LogP contribution in [0, 0.1) is 0 Å². The summed E-state index contributed by atoms with van der Waals surface area (Å²) in [4.78, 5) is 13.8. The molecule has 0 aromatic heterocycles. The number of nitrogens with zero attached hydrogens (tertiary/aromatic N) is 1. The minimum Gasteiger partial charge on any atom is -0.508 e. The molecule has 17 heavy (non-hydrogen) atoms. The molecule has 1 saturated heterocycles. The first-order valence-corrected chi connectivity index (χ1v) is 6.06. The molecule has 1 atom stereocenters. The number of rotatable bonds is 2. The highest BCUT2D eigenvalue weighted by atomic mass is 35.5. The first kappa shape index (κ1) is 12.0. The second kappa shape index (κ2) is 4.84. The van der Waals surface area contributed by atoms with Gasteiger partial charge in [-0.05, 0) is 31.0 Å². The van der Waals surface area contributed by atoms with Gasteiger partial charge in [0.25, 0.3) is 5.91 Å². The van der Waals surface area contributed by atoms with Crippen molar-refractivity contribution in [2.24, 2.45) is 0 Å². The second-order valence-corrected chi connectivity index (χ2v) is 4.46. The van der Waals surface area contributed by atoms with Crippen LogP contribution < -0.4 is 0 Å². The van der Waals surface area contributed by atoms with Crippen molar-refractivity contribution in [3.63, 3.8) is 0 Å². The average molecular weight is 256 g/mol. The lowest BCUT2D eigenvalue weighted by Gasteiger charge is -2.23. The molecule has 1 fully saturated rings. The Morgan fingerprint density at radius 2 is 2.24 bits per heavy atom. The fraction of sp³-hybridized carbons (Fsp3) is 0.417. The monoisotopic (exact) mass is 255 g/mol. The van der Waals surface area contributed by atoms with E-state index in [0.717, 1.165) is 12.8 Å². The standard InChI is InChI=1S/C12H14ClNO3/c13-7-8-2-1-5-14(8)12(17)10-6-9(15)3-4-11(10)16/h3-4,6,8,15-16H,1-2,5,7H2. The van der Waals surface area contributed by atoms with Gasteiger partial charge in [-0.15, -0.1) is 11.6 Å². The summed E-state index contributed by atoms with van der Waals surface area (Å²) in [5.41, 5.74) is 0.127. The minimum atomic E-state index is -0.276. The van der Waals surface area contributed by atoms with Crippen LogP contribution in [-0.4, -0.2) is 39.5 Å². The second-order valence-electron chi connectivity index (χ2n) is 4.15. The molecule has 0 aliphatic carbocycles. The summed E-state index contributed by atoms with van der Waals surface area (Å²) in [6.07, 6.45) is 1.80. The molecular formula is C12H14ClNO3. The number of carbonyl (C=O) groups excluding carboxylic acids is 1. The molecule has 1 aliphatic rings. The topological polar surface area (TPSA) is 60.8 Å². The van der Waals surface area contributed by atoms with Crippen molar-refractivity contribution < 1.29 is 15.0 Å².